The van der Waals surface area contributed by atoms with Crippen LogP contribution in [0.15, 0.2) is 42.5 Å². The maximum Gasteiger partial charge on any atom is 0.311 e. The standard InChI is InChI=1S/C19H22N2O5/c1-12(2)18(13-5-8-15(25-3)9-6-13)20-19(22)14-7-10-17(26-4)16(11-14)21(23)24/h5-12,18H,1-4H3,(H,20,22). The number of nitro groups is 1. The predicted molar refractivity (Wildman–Crippen MR) is 97.7 cm³/mol. The first-order valence-corrected chi connectivity index (χ1v) is 8.14. The van der Waals surface area contributed by atoms with Crippen molar-refractivity contribution in [2.75, 3.05) is 14.2 Å². The number of hydrogen-bond acceptors (Lipinski definition) is 5. The molecule has 138 valence electrons. The number of nitrogens with zero attached hydrogens (tertiary/aromatic N) is 1. The van der Waals surface area contributed by atoms with Crippen molar-refractivity contribution in [1.29, 1.82) is 0 Å². The van der Waals surface area contributed by atoms with Gasteiger partial charge in [-0.15, -0.1) is 0 Å². The first-order chi connectivity index (χ1) is 12.4. The van der Waals surface area contributed by atoms with E-state index in [4.69, 9.17) is 9.47 Å². The van der Waals surface area contributed by atoms with Gasteiger partial charge in [-0.1, -0.05) is 26.0 Å². The minimum Gasteiger partial charge on any atom is -0.497 e. The number of amides is 1. The smallest absolute Gasteiger partial charge is 0.311 e. The molecule has 2 rings (SSSR count). The maximum absolute atomic E-state index is 12.6. The molecule has 1 unspecified atom stereocenters. The highest BCUT2D eigenvalue weighted by Gasteiger charge is 2.22. The van der Waals surface area contributed by atoms with E-state index < -0.39 is 4.92 Å². The third kappa shape index (κ3) is 4.30. The van der Waals surface area contributed by atoms with E-state index >= 15 is 0 Å². The Morgan fingerprint density at radius 2 is 1.73 bits per heavy atom. The number of benzene rings is 2. The summed E-state index contributed by atoms with van der Waals surface area (Å²) in [5, 5.41) is 14.1. The van der Waals surface area contributed by atoms with Gasteiger partial charge in [0.25, 0.3) is 5.91 Å². The molecule has 26 heavy (non-hydrogen) atoms. The van der Waals surface area contributed by atoms with Gasteiger partial charge >= 0.3 is 5.69 Å². The Morgan fingerprint density at radius 1 is 1.08 bits per heavy atom. The van der Waals surface area contributed by atoms with Crippen LogP contribution in [0.3, 0.4) is 0 Å². The molecule has 1 N–H and O–H groups in total. The Morgan fingerprint density at radius 3 is 2.23 bits per heavy atom. The quantitative estimate of drug-likeness (QED) is 0.601. The molecule has 0 saturated heterocycles. The van der Waals surface area contributed by atoms with E-state index in [0.717, 1.165) is 11.3 Å². The molecule has 0 heterocycles. The van der Waals surface area contributed by atoms with Gasteiger partial charge in [-0.25, -0.2) is 0 Å². The topological polar surface area (TPSA) is 90.7 Å². The molecule has 0 saturated carbocycles. The SMILES string of the molecule is COc1ccc(C(NC(=O)c2ccc(OC)c([N+](=O)[O-])c2)C(C)C)cc1. The Labute approximate surface area is 152 Å². The molecule has 2 aromatic carbocycles. The van der Waals surface area contributed by atoms with Crippen LogP contribution in [-0.4, -0.2) is 25.1 Å². The summed E-state index contributed by atoms with van der Waals surface area (Å²) in [6.07, 6.45) is 0. The lowest BCUT2D eigenvalue weighted by molar-refractivity contribution is -0.385. The number of rotatable bonds is 7. The average Bonchev–Trinajstić information content (AvgIpc) is 2.65. The number of nitro benzene ring substituents is 1. The first kappa shape index (κ1) is 19.2. The maximum atomic E-state index is 12.6. The minimum absolute atomic E-state index is 0.113. The third-order valence-electron chi connectivity index (χ3n) is 4.07. The third-order valence-corrected chi connectivity index (χ3v) is 4.07. The Kier molecular flexibility index (Phi) is 6.16. The second kappa shape index (κ2) is 8.33. The molecule has 0 aromatic heterocycles. The zero-order chi connectivity index (χ0) is 19.3. The second-order valence-electron chi connectivity index (χ2n) is 6.11. The highest BCUT2D eigenvalue weighted by Crippen LogP contribution is 2.29. The van der Waals surface area contributed by atoms with Gasteiger partial charge in [-0.05, 0) is 35.7 Å². The van der Waals surface area contributed by atoms with Crippen molar-refractivity contribution in [3.05, 3.63) is 63.7 Å². The molecule has 1 atom stereocenters. The first-order valence-electron chi connectivity index (χ1n) is 8.14. The van der Waals surface area contributed by atoms with Crippen LogP contribution in [-0.2, 0) is 0 Å². The van der Waals surface area contributed by atoms with E-state index in [2.05, 4.69) is 5.32 Å². The summed E-state index contributed by atoms with van der Waals surface area (Å²) in [6, 6.07) is 11.3. The fourth-order valence-corrected chi connectivity index (χ4v) is 2.64. The van der Waals surface area contributed by atoms with Crippen molar-refractivity contribution < 1.29 is 19.2 Å². The number of carbonyl (C=O) groups is 1. The molecule has 7 heteroatoms. The van der Waals surface area contributed by atoms with E-state index in [-0.39, 0.29) is 34.9 Å². The monoisotopic (exact) mass is 358 g/mol. The lowest BCUT2D eigenvalue weighted by atomic mass is 9.95. The minimum atomic E-state index is -0.570. The zero-order valence-corrected chi connectivity index (χ0v) is 15.2. The highest BCUT2D eigenvalue weighted by atomic mass is 16.6. The zero-order valence-electron chi connectivity index (χ0n) is 15.2. The number of carbonyl (C=O) groups excluding carboxylic acids is 1. The van der Waals surface area contributed by atoms with Crippen LogP contribution in [0.2, 0.25) is 0 Å². The van der Waals surface area contributed by atoms with Gasteiger partial charge in [0.05, 0.1) is 25.2 Å². The van der Waals surface area contributed by atoms with Crippen molar-refractivity contribution in [1.82, 2.24) is 5.32 Å². The molecule has 0 aliphatic carbocycles. The van der Waals surface area contributed by atoms with Crippen LogP contribution in [0.5, 0.6) is 11.5 Å². The molecule has 0 aliphatic heterocycles. The van der Waals surface area contributed by atoms with Crippen LogP contribution in [0.4, 0.5) is 5.69 Å². The molecule has 1 amide bonds. The van der Waals surface area contributed by atoms with E-state index in [0.29, 0.717) is 0 Å². The van der Waals surface area contributed by atoms with Crippen LogP contribution in [0.25, 0.3) is 0 Å². The number of nitrogens with one attached hydrogen (secondary N) is 1. The fourth-order valence-electron chi connectivity index (χ4n) is 2.64. The number of methoxy groups -OCH3 is 2. The Hall–Kier alpha value is -3.09. The van der Waals surface area contributed by atoms with Crippen molar-refractivity contribution in [3.63, 3.8) is 0 Å². The summed E-state index contributed by atoms with van der Waals surface area (Å²) in [5.74, 6) is 0.585. The van der Waals surface area contributed by atoms with Crippen molar-refractivity contribution >= 4 is 11.6 Å². The van der Waals surface area contributed by atoms with Gasteiger partial charge in [0.1, 0.15) is 5.75 Å². The summed E-state index contributed by atoms with van der Waals surface area (Å²) >= 11 is 0. The summed E-state index contributed by atoms with van der Waals surface area (Å²) in [4.78, 5) is 23.2. The van der Waals surface area contributed by atoms with Gasteiger partial charge in [-0.3, -0.25) is 14.9 Å². The highest BCUT2D eigenvalue weighted by molar-refractivity contribution is 5.95. The van der Waals surface area contributed by atoms with Gasteiger partial charge < -0.3 is 14.8 Å². The molecule has 0 fully saturated rings. The lowest BCUT2D eigenvalue weighted by Crippen LogP contribution is -2.31. The van der Waals surface area contributed by atoms with Gasteiger partial charge in [0, 0.05) is 11.6 Å². The van der Waals surface area contributed by atoms with Gasteiger partial charge in [-0.2, -0.15) is 0 Å². The molecule has 0 aliphatic rings. The van der Waals surface area contributed by atoms with Crippen LogP contribution in [0, 0.1) is 16.0 Å². The Balaban J connectivity index is 2.27. The van der Waals surface area contributed by atoms with Gasteiger partial charge in [0.15, 0.2) is 5.75 Å². The van der Waals surface area contributed by atoms with Crippen LogP contribution < -0.4 is 14.8 Å². The summed E-state index contributed by atoms with van der Waals surface area (Å²) in [7, 11) is 2.94. The van der Waals surface area contributed by atoms with E-state index in [9.17, 15) is 14.9 Å². The molecular formula is C19H22N2O5. The summed E-state index contributed by atoms with van der Waals surface area (Å²) in [6.45, 7) is 3.98. The largest absolute Gasteiger partial charge is 0.497 e. The summed E-state index contributed by atoms with van der Waals surface area (Å²) in [5.41, 5.74) is 0.888. The molecular weight excluding hydrogens is 336 g/mol. The average molecular weight is 358 g/mol. The second-order valence-corrected chi connectivity index (χ2v) is 6.11. The lowest BCUT2D eigenvalue weighted by Gasteiger charge is -2.23. The van der Waals surface area contributed by atoms with Crippen molar-refractivity contribution in [2.24, 2.45) is 5.92 Å². The normalized spacial score (nSPS) is 11.7. The van der Waals surface area contributed by atoms with Crippen LogP contribution >= 0.6 is 0 Å². The summed E-state index contributed by atoms with van der Waals surface area (Å²) < 4.78 is 10.1. The molecule has 0 radical (unpaired) electrons. The number of hydrogen-bond donors (Lipinski definition) is 1. The molecule has 7 nitrogen and oxygen atoms in total. The number of ether oxygens (including phenoxy) is 2. The van der Waals surface area contributed by atoms with Crippen molar-refractivity contribution in [2.45, 2.75) is 19.9 Å². The Bertz CT molecular complexity index is 787. The fraction of sp³-hybridized carbons (Fsp3) is 0.316. The van der Waals surface area contributed by atoms with Crippen molar-refractivity contribution in [3.8, 4) is 11.5 Å². The van der Waals surface area contributed by atoms with Crippen LogP contribution in [0.1, 0.15) is 35.8 Å². The molecule has 0 spiro atoms. The van der Waals surface area contributed by atoms with E-state index in [1.807, 2.05) is 38.1 Å². The molecule has 0 bridgehead atoms. The molecule has 2 aromatic rings. The predicted octanol–water partition coefficient (Wildman–Crippen LogP) is 3.74. The van der Waals surface area contributed by atoms with Gasteiger partial charge in [0.2, 0.25) is 0 Å². The van der Waals surface area contributed by atoms with E-state index in [1.165, 1.54) is 25.3 Å². The van der Waals surface area contributed by atoms with E-state index in [1.54, 1.807) is 7.11 Å².